The van der Waals surface area contributed by atoms with Crippen LogP contribution in [0.1, 0.15) is 10.4 Å². The quantitative estimate of drug-likeness (QED) is 0.483. The zero-order valence-corrected chi connectivity index (χ0v) is 16.8. The smallest absolute Gasteiger partial charge is 0.252 e. The van der Waals surface area contributed by atoms with Crippen LogP contribution in [-0.2, 0) is 0 Å². The molecule has 0 saturated carbocycles. The standard InChI is InChI=1S/C25H23N3O2/c1-28(20-12-6-3-7-13-20)17-16-26-24(29)21-14-8-9-15-22(21)25-27-18-23(30-25)19-10-4-2-5-11-19/h2-15,18H,16-17H2,1H3,(H,26,29). The maximum absolute atomic E-state index is 12.8. The van der Waals surface area contributed by atoms with Crippen LogP contribution >= 0.6 is 0 Å². The normalized spacial score (nSPS) is 10.6. The molecular weight excluding hydrogens is 374 g/mol. The summed E-state index contributed by atoms with van der Waals surface area (Å²) in [4.78, 5) is 19.3. The molecule has 0 unspecified atom stereocenters. The van der Waals surface area contributed by atoms with Crippen molar-refractivity contribution < 1.29 is 9.21 Å². The summed E-state index contributed by atoms with van der Waals surface area (Å²) < 4.78 is 5.95. The van der Waals surface area contributed by atoms with Gasteiger partial charge >= 0.3 is 0 Å². The predicted molar refractivity (Wildman–Crippen MR) is 119 cm³/mol. The largest absolute Gasteiger partial charge is 0.436 e. The summed E-state index contributed by atoms with van der Waals surface area (Å²) in [6, 6.07) is 27.2. The van der Waals surface area contributed by atoms with Crippen molar-refractivity contribution in [2.45, 2.75) is 0 Å². The summed E-state index contributed by atoms with van der Waals surface area (Å²) in [5.41, 5.74) is 3.28. The minimum absolute atomic E-state index is 0.147. The van der Waals surface area contributed by atoms with Gasteiger partial charge < -0.3 is 14.6 Å². The zero-order valence-electron chi connectivity index (χ0n) is 16.8. The van der Waals surface area contributed by atoms with Gasteiger partial charge in [0.1, 0.15) is 0 Å². The van der Waals surface area contributed by atoms with Gasteiger partial charge in [0.25, 0.3) is 5.91 Å². The number of aromatic nitrogens is 1. The van der Waals surface area contributed by atoms with Crippen LogP contribution in [-0.4, -0.2) is 31.0 Å². The van der Waals surface area contributed by atoms with Crippen molar-refractivity contribution in [3.8, 4) is 22.8 Å². The van der Waals surface area contributed by atoms with Crippen LogP contribution in [0.15, 0.2) is 95.5 Å². The Hall–Kier alpha value is -3.86. The Morgan fingerprint density at radius 3 is 2.37 bits per heavy atom. The number of para-hydroxylation sites is 1. The van der Waals surface area contributed by atoms with E-state index in [-0.39, 0.29) is 5.91 Å². The Kier molecular flexibility index (Phi) is 5.90. The van der Waals surface area contributed by atoms with E-state index in [2.05, 4.69) is 15.2 Å². The molecule has 1 aromatic heterocycles. The molecule has 0 aliphatic rings. The molecule has 0 bridgehead atoms. The van der Waals surface area contributed by atoms with Crippen molar-refractivity contribution in [3.63, 3.8) is 0 Å². The minimum Gasteiger partial charge on any atom is -0.436 e. The highest BCUT2D eigenvalue weighted by Crippen LogP contribution is 2.28. The van der Waals surface area contributed by atoms with Gasteiger partial charge in [-0.05, 0) is 24.3 Å². The number of amides is 1. The van der Waals surface area contributed by atoms with Crippen molar-refractivity contribution >= 4 is 11.6 Å². The summed E-state index contributed by atoms with van der Waals surface area (Å²) in [6.45, 7) is 1.23. The first-order valence-electron chi connectivity index (χ1n) is 9.87. The fourth-order valence-electron chi connectivity index (χ4n) is 3.25. The third-order valence-corrected chi connectivity index (χ3v) is 4.90. The number of hydrogen-bond donors (Lipinski definition) is 1. The van der Waals surface area contributed by atoms with Gasteiger partial charge in [0.2, 0.25) is 5.89 Å². The van der Waals surface area contributed by atoms with E-state index in [0.29, 0.717) is 35.9 Å². The van der Waals surface area contributed by atoms with Gasteiger partial charge in [-0.3, -0.25) is 4.79 Å². The number of rotatable bonds is 7. The second-order valence-corrected chi connectivity index (χ2v) is 6.95. The number of nitrogens with one attached hydrogen (secondary N) is 1. The van der Waals surface area contributed by atoms with Crippen LogP contribution in [0.4, 0.5) is 5.69 Å². The maximum Gasteiger partial charge on any atom is 0.252 e. The summed E-state index contributed by atoms with van der Waals surface area (Å²) in [5.74, 6) is 0.956. The molecule has 0 atom stereocenters. The SMILES string of the molecule is CN(CCNC(=O)c1ccccc1-c1ncc(-c2ccccc2)o1)c1ccccc1. The maximum atomic E-state index is 12.8. The van der Waals surface area contributed by atoms with Crippen molar-refractivity contribution in [2.75, 3.05) is 25.0 Å². The average molecular weight is 397 g/mol. The van der Waals surface area contributed by atoms with Crippen molar-refractivity contribution in [2.24, 2.45) is 0 Å². The van der Waals surface area contributed by atoms with Gasteiger partial charge in [0.05, 0.1) is 11.8 Å². The molecule has 1 heterocycles. The monoisotopic (exact) mass is 397 g/mol. The molecule has 4 rings (SSSR count). The van der Waals surface area contributed by atoms with Gasteiger partial charge in [0, 0.05) is 37.0 Å². The summed E-state index contributed by atoms with van der Waals surface area (Å²) >= 11 is 0. The van der Waals surface area contributed by atoms with Crippen LogP contribution < -0.4 is 10.2 Å². The van der Waals surface area contributed by atoms with E-state index in [1.54, 1.807) is 12.3 Å². The Morgan fingerprint density at radius 2 is 1.60 bits per heavy atom. The lowest BCUT2D eigenvalue weighted by Gasteiger charge is -2.19. The van der Waals surface area contributed by atoms with Gasteiger partial charge in [-0.25, -0.2) is 4.98 Å². The first-order chi connectivity index (χ1) is 14.7. The summed E-state index contributed by atoms with van der Waals surface area (Å²) in [5, 5.41) is 3.00. The van der Waals surface area contributed by atoms with Gasteiger partial charge in [-0.15, -0.1) is 0 Å². The summed E-state index contributed by atoms with van der Waals surface area (Å²) in [7, 11) is 2.01. The van der Waals surface area contributed by atoms with Gasteiger partial charge in [-0.1, -0.05) is 60.7 Å². The Morgan fingerprint density at radius 1 is 0.933 bits per heavy atom. The number of likely N-dealkylation sites (N-methyl/N-ethyl adjacent to an activating group) is 1. The van der Waals surface area contributed by atoms with Crippen LogP contribution in [0.2, 0.25) is 0 Å². The molecule has 0 radical (unpaired) electrons. The highest BCUT2D eigenvalue weighted by atomic mass is 16.4. The molecular formula is C25H23N3O2. The summed E-state index contributed by atoms with van der Waals surface area (Å²) in [6.07, 6.45) is 1.69. The van der Waals surface area contributed by atoms with Gasteiger partial charge in [-0.2, -0.15) is 0 Å². The van der Waals surface area contributed by atoms with Crippen LogP contribution in [0.5, 0.6) is 0 Å². The Labute approximate surface area is 176 Å². The van der Waals surface area contributed by atoms with E-state index in [1.165, 1.54) is 0 Å². The van der Waals surface area contributed by atoms with E-state index in [9.17, 15) is 4.79 Å². The predicted octanol–water partition coefficient (Wildman–Crippen LogP) is 4.87. The van der Waals surface area contributed by atoms with E-state index < -0.39 is 0 Å². The lowest BCUT2D eigenvalue weighted by molar-refractivity contribution is 0.0955. The number of carbonyl (C=O) groups excluding carboxylic acids is 1. The number of benzene rings is 3. The molecule has 1 amide bonds. The molecule has 30 heavy (non-hydrogen) atoms. The van der Waals surface area contributed by atoms with Crippen LogP contribution in [0.25, 0.3) is 22.8 Å². The fourth-order valence-corrected chi connectivity index (χ4v) is 3.25. The molecule has 5 heteroatoms. The molecule has 0 fully saturated rings. The molecule has 0 aliphatic carbocycles. The number of nitrogens with zero attached hydrogens (tertiary/aromatic N) is 2. The van der Waals surface area contributed by atoms with Crippen molar-refractivity contribution in [1.82, 2.24) is 10.3 Å². The lowest BCUT2D eigenvalue weighted by atomic mass is 10.1. The second kappa shape index (κ2) is 9.09. The Balaban J connectivity index is 1.45. The first kappa shape index (κ1) is 19.5. The molecule has 5 nitrogen and oxygen atoms in total. The molecule has 150 valence electrons. The molecule has 0 spiro atoms. The third kappa shape index (κ3) is 4.41. The molecule has 0 aliphatic heterocycles. The number of hydrogen-bond acceptors (Lipinski definition) is 4. The molecule has 3 aromatic carbocycles. The van der Waals surface area contributed by atoms with Crippen LogP contribution in [0, 0.1) is 0 Å². The van der Waals surface area contributed by atoms with E-state index >= 15 is 0 Å². The topological polar surface area (TPSA) is 58.4 Å². The minimum atomic E-state index is -0.147. The highest BCUT2D eigenvalue weighted by Gasteiger charge is 2.16. The Bertz CT molecular complexity index is 1110. The highest BCUT2D eigenvalue weighted by molar-refractivity contribution is 6.00. The van der Waals surface area contributed by atoms with Crippen molar-refractivity contribution in [3.05, 3.63) is 96.7 Å². The first-order valence-corrected chi connectivity index (χ1v) is 9.87. The number of oxazole rings is 1. The molecule has 1 N–H and O–H groups in total. The fraction of sp³-hybridized carbons (Fsp3) is 0.120. The molecule has 0 saturated heterocycles. The third-order valence-electron chi connectivity index (χ3n) is 4.90. The van der Waals surface area contributed by atoms with Crippen molar-refractivity contribution in [1.29, 1.82) is 0 Å². The second-order valence-electron chi connectivity index (χ2n) is 6.95. The van der Waals surface area contributed by atoms with E-state index in [4.69, 9.17) is 4.42 Å². The molecule has 4 aromatic rings. The van der Waals surface area contributed by atoms with E-state index in [1.807, 2.05) is 85.9 Å². The zero-order chi connectivity index (χ0) is 20.8. The van der Waals surface area contributed by atoms with Gasteiger partial charge in [0.15, 0.2) is 5.76 Å². The van der Waals surface area contributed by atoms with Crippen LogP contribution in [0.3, 0.4) is 0 Å². The number of anilines is 1. The lowest BCUT2D eigenvalue weighted by Crippen LogP contribution is -2.33. The number of carbonyl (C=O) groups is 1. The van der Waals surface area contributed by atoms with E-state index in [0.717, 1.165) is 11.3 Å². The average Bonchev–Trinajstić information content (AvgIpc) is 3.30.